The van der Waals surface area contributed by atoms with Gasteiger partial charge in [-0.25, -0.2) is 0 Å². The van der Waals surface area contributed by atoms with Gasteiger partial charge in [-0.05, 0) is 42.3 Å². The maximum absolute atomic E-state index is 12.8. The Morgan fingerprint density at radius 1 is 1.24 bits per heavy atom. The maximum Gasteiger partial charge on any atom is 0.416 e. The number of hydrogen-bond donors (Lipinski definition) is 0. The minimum atomic E-state index is -4.45. The second-order valence-electron chi connectivity index (χ2n) is 4.56. The predicted molar refractivity (Wildman–Crippen MR) is 79.0 cm³/mol. The van der Waals surface area contributed by atoms with Crippen molar-refractivity contribution in [2.24, 2.45) is 0 Å². The van der Waals surface area contributed by atoms with Crippen LogP contribution in [0, 0.1) is 0 Å². The van der Waals surface area contributed by atoms with Gasteiger partial charge in [0.2, 0.25) is 0 Å². The Morgan fingerprint density at radius 3 is 2.57 bits per heavy atom. The number of alkyl halides is 3. The summed E-state index contributed by atoms with van der Waals surface area (Å²) in [4.78, 5) is 12.9. The van der Waals surface area contributed by atoms with E-state index in [2.05, 4.69) is 0 Å². The van der Waals surface area contributed by atoms with E-state index in [0.717, 1.165) is 18.6 Å². The third-order valence-electron chi connectivity index (χ3n) is 2.87. The van der Waals surface area contributed by atoms with Crippen molar-refractivity contribution in [2.45, 2.75) is 25.9 Å². The molecule has 1 aromatic carbocycles. The van der Waals surface area contributed by atoms with Crippen LogP contribution in [0.5, 0.6) is 0 Å². The Balaban J connectivity index is 2.39. The lowest BCUT2D eigenvalue weighted by Gasteiger charge is -2.09. The first-order valence-electron chi connectivity index (χ1n) is 6.32. The Bertz CT molecular complexity index is 661. The number of carbonyl (C=O) groups is 1. The van der Waals surface area contributed by atoms with Crippen molar-refractivity contribution in [3.63, 3.8) is 0 Å². The molecule has 0 N–H and O–H groups in total. The molecule has 1 aromatic heterocycles. The molecule has 0 radical (unpaired) electrons. The smallest absolute Gasteiger partial charge is 0.293 e. The van der Waals surface area contributed by atoms with Crippen molar-refractivity contribution in [1.82, 2.24) is 0 Å². The molecule has 0 aliphatic heterocycles. The summed E-state index contributed by atoms with van der Waals surface area (Å²) in [6, 6.07) is 6.70. The van der Waals surface area contributed by atoms with E-state index in [1.54, 1.807) is 12.1 Å². The van der Waals surface area contributed by atoms with Crippen molar-refractivity contribution in [3.8, 4) is 10.4 Å². The highest BCUT2D eigenvalue weighted by Gasteiger charge is 2.31. The summed E-state index contributed by atoms with van der Waals surface area (Å²) in [5, 5.41) is 0.0228. The lowest BCUT2D eigenvalue weighted by atomic mass is 10.1. The molecule has 2 aromatic rings. The van der Waals surface area contributed by atoms with Gasteiger partial charge in [-0.1, -0.05) is 18.5 Å². The van der Waals surface area contributed by atoms with Crippen molar-refractivity contribution >= 4 is 28.7 Å². The van der Waals surface area contributed by atoms with Crippen molar-refractivity contribution in [1.29, 1.82) is 0 Å². The number of halogens is 4. The Kier molecular flexibility index (Phi) is 4.74. The first-order valence-corrected chi connectivity index (χ1v) is 7.52. The molecule has 21 heavy (non-hydrogen) atoms. The third kappa shape index (κ3) is 3.86. The largest absolute Gasteiger partial charge is 0.416 e. The van der Waals surface area contributed by atoms with E-state index in [1.807, 2.05) is 6.92 Å². The number of benzene rings is 1. The molecule has 0 amide bonds. The van der Waals surface area contributed by atoms with Crippen LogP contribution in [0.4, 0.5) is 13.2 Å². The summed E-state index contributed by atoms with van der Waals surface area (Å²) in [6.45, 7) is 1.90. The zero-order valence-corrected chi connectivity index (χ0v) is 12.7. The zero-order chi connectivity index (χ0) is 15.6. The van der Waals surface area contributed by atoms with E-state index in [9.17, 15) is 18.0 Å². The molecule has 0 spiro atoms. The summed E-state index contributed by atoms with van der Waals surface area (Å²) in [7, 11) is 0. The van der Waals surface area contributed by atoms with Gasteiger partial charge in [-0.3, -0.25) is 4.79 Å². The summed E-state index contributed by atoms with van der Waals surface area (Å²) in [5.74, 6) is 0.00632. The van der Waals surface area contributed by atoms with Crippen LogP contribution in [0.2, 0.25) is 5.02 Å². The summed E-state index contributed by atoms with van der Waals surface area (Å²) < 4.78 is 38.4. The highest BCUT2D eigenvalue weighted by molar-refractivity contribution is 7.17. The van der Waals surface area contributed by atoms with Gasteiger partial charge in [0.1, 0.15) is 0 Å². The van der Waals surface area contributed by atoms with Gasteiger partial charge in [0.25, 0.3) is 0 Å². The highest BCUT2D eigenvalue weighted by Crippen LogP contribution is 2.37. The molecule has 1 heterocycles. The number of rotatable bonds is 4. The molecule has 1 nitrogen and oxygen atoms in total. The molecule has 6 heteroatoms. The molecule has 112 valence electrons. The second-order valence-corrected chi connectivity index (χ2v) is 6.08. The molecule has 0 aliphatic rings. The average Bonchev–Trinajstić information content (AvgIpc) is 2.87. The molecule has 0 fully saturated rings. The second kappa shape index (κ2) is 6.20. The Hall–Kier alpha value is -1.33. The number of ketones is 1. The van der Waals surface area contributed by atoms with Gasteiger partial charge >= 0.3 is 6.18 Å². The van der Waals surface area contributed by atoms with Crippen LogP contribution in [0.1, 0.15) is 35.0 Å². The van der Waals surface area contributed by atoms with Crippen molar-refractivity contribution in [2.75, 3.05) is 0 Å². The van der Waals surface area contributed by atoms with Gasteiger partial charge in [-0.15, -0.1) is 11.3 Å². The van der Waals surface area contributed by atoms with Gasteiger partial charge in [0.15, 0.2) is 5.78 Å². The number of carbonyl (C=O) groups excluding carboxylic acids is 1. The fraction of sp³-hybridized carbons (Fsp3) is 0.267. The molecule has 2 rings (SSSR count). The van der Waals surface area contributed by atoms with Crippen LogP contribution >= 0.6 is 22.9 Å². The van der Waals surface area contributed by atoms with E-state index in [1.165, 1.54) is 17.4 Å². The molecule has 0 saturated carbocycles. The lowest BCUT2D eigenvalue weighted by Crippen LogP contribution is -2.04. The molecule has 0 saturated heterocycles. The number of hydrogen-bond acceptors (Lipinski definition) is 2. The van der Waals surface area contributed by atoms with Crippen LogP contribution in [-0.2, 0) is 6.18 Å². The van der Waals surface area contributed by atoms with Gasteiger partial charge in [0, 0.05) is 16.3 Å². The molecular formula is C15H12ClF3OS. The molecular weight excluding hydrogens is 321 g/mol. The SMILES string of the molecule is CCCC(=O)c1ccc(-c2cc(Cl)cc(C(F)(F)F)c2)s1. The van der Waals surface area contributed by atoms with Crippen LogP contribution in [0.15, 0.2) is 30.3 Å². The van der Waals surface area contributed by atoms with Gasteiger partial charge in [0.05, 0.1) is 10.4 Å². The van der Waals surface area contributed by atoms with E-state index >= 15 is 0 Å². The first kappa shape index (κ1) is 16.0. The molecule has 0 atom stereocenters. The van der Waals surface area contributed by atoms with Crippen molar-refractivity contribution in [3.05, 3.63) is 45.8 Å². The van der Waals surface area contributed by atoms with E-state index in [-0.39, 0.29) is 10.8 Å². The zero-order valence-electron chi connectivity index (χ0n) is 11.1. The van der Waals surface area contributed by atoms with Crippen LogP contribution < -0.4 is 0 Å². The summed E-state index contributed by atoms with van der Waals surface area (Å²) in [5.41, 5.74) is -0.421. The topological polar surface area (TPSA) is 17.1 Å². The number of thiophene rings is 1. The summed E-state index contributed by atoms with van der Waals surface area (Å²) >= 11 is 6.95. The number of Topliss-reactive ketones (excluding diaryl/α,β-unsaturated/α-hetero) is 1. The van der Waals surface area contributed by atoms with Crippen LogP contribution in [-0.4, -0.2) is 5.78 Å². The standard InChI is InChI=1S/C15H12ClF3OS/c1-2-3-12(20)14-5-4-13(21-14)9-6-10(15(17,18)19)8-11(16)7-9/h4-8H,2-3H2,1H3. The van der Waals surface area contributed by atoms with Gasteiger partial charge in [-0.2, -0.15) is 13.2 Å². The predicted octanol–water partition coefficient (Wildman–Crippen LogP) is 6.07. The molecule has 0 unspecified atom stereocenters. The van der Waals surface area contributed by atoms with Crippen LogP contribution in [0.25, 0.3) is 10.4 Å². The maximum atomic E-state index is 12.8. The van der Waals surface area contributed by atoms with Crippen LogP contribution in [0.3, 0.4) is 0 Å². The third-order valence-corrected chi connectivity index (χ3v) is 4.26. The fourth-order valence-electron chi connectivity index (χ4n) is 1.89. The Labute approximate surface area is 129 Å². The van der Waals surface area contributed by atoms with Gasteiger partial charge < -0.3 is 0 Å². The first-order chi connectivity index (χ1) is 9.81. The minimum absolute atomic E-state index is 0.00632. The fourth-order valence-corrected chi connectivity index (χ4v) is 3.08. The minimum Gasteiger partial charge on any atom is -0.293 e. The molecule has 0 bridgehead atoms. The van der Waals surface area contributed by atoms with Crippen molar-refractivity contribution < 1.29 is 18.0 Å². The quantitative estimate of drug-likeness (QED) is 0.621. The normalized spacial score (nSPS) is 11.7. The monoisotopic (exact) mass is 332 g/mol. The van der Waals surface area contributed by atoms with E-state index in [0.29, 0.717) is 21.7 Å². The highest BCUT2D eigenvalue weighted by atomic mass is 35.5. The molecule has 0 aliphatic carbocycles. The lowest BCUT2D eigenvalue weighted by molar-refractivity contribution is -0.137. The summed E-state index contributed by atoms with van der Waals surface area (Å²) in [6.07, 6.45) is -3.28. The average molecular weight is 333 g/mol. The van der Waals surface area contributed by atoms with E-state index in [4.69, 9.17) is 11.6 Å². The Morgan fingerprint density at radius 2 is 1.95 bits per heavy atom. The van der Waals surface area contributed by atoms with E-state index < -0.39 is 11.7 Å².